The predicted molar refractivity (Wildman–Crippen MR) is 58.6 cm³/mol. The van der Waals surface area contributed by atoms with E-state index < -0.39 is 28.1 Å². The molecular weight excluding hydrogens is 257 g/mol. The van der Waals surface area contributed by atoms with Gasteiger partial charge in [0.1, 0.15) is 0 Å². The predicted octanol–water partition coefficient (Wildman–Crippen LogP) is 0.305. The van der Waals surface area contributed by atoms with Crippen LogP contribution in [0, 0.1) is 0 Å². The van der Waals surface area contributed by atoms with Crippen molar-refractivity contribution in [3.8, 4) is 0 Å². The van der Waals surface area contributed by atoms with Crippen molar-refractivity contribution in [2.45, 2.75) is 25.1 Å². The normalized spacial score (nSPS) is 28.5. The Balaban J connectivity index is 2.19. The Kier molecular flexibility index (Phi) is 4.43. The van der Waals surface area contributed by atoms with Crippen molar-refractivity contribution in [2.24, 2.45) is 0 Å². The molecule has 0 radical (unpaired) electrons. The fourth-order valence-electron chi connectivity index (χ4n) is 1.83. The van der Waals surface area contributed by atoms with Crippen molar-refractivity contribution in [1.82, 2.24) is 10.6 Å². The first-order chi connectivity index (χ1) is 7.62. The highest BCUT2D eigenvalue weighted by Crippen LogP contribution is 2.22. The van der Waals surface area contributed by atoms with E-state index in [0.717, 1.165) is 0 Å². The quantitative estimate of drug-likeness (QED) is 0.708. The molecule has 0 saturated carbocycles. The minimum atomic E-state index is -4.21. The summed E-state index contributed by atoms with van der Waals surface area (Å²) in [6.45, 7) is 1.24. The van der Waals surface area contributed by atoms with Crippen LogP contribution in [0.5, 0.6) is 0 Å². The highest BCUT2D eigenvalue weighted by molar-refractivity contribution is 7.91. The van der Waals surface area contributed by atoms with Crippen LogP contribution in [0.2, 0.25) is 0 Å². The van der Waals surface area contributed by atoms with Gasteiger partial charge in [-0.25, -0.2) is 8.42 Å². The lowest BCUT2D eigenvalue weighted by molar-refractivity contribution is -0.124. The fourth-order valence-corrected chi connectivity index (χ4v) is 3.96. The highest BCUT2D eigenvalue weighted by atomic mass is 32.2. The number of halogens is 3. The van der Waals surface area contributed by atoms with Gasteiger partial charge in [-0.2, -0.15) is 13.2 Å². The largest absolute Gasteiger partial charge is 0.401 e. The third-order valence-corrected chi connectivity index (χ3v) is 4.59. The van der Waals surface area contributed by atoms with Gasteiger partial charge in [-0.15, -0.1) is 0 Å². The molecule has 17 heavy (non-hydrogen) atoms. The zero-order valence-electron chi connectivity index (χ0n) is 9.60. The van der Waals surface area contributed by atoms with Gasteiger partial charge in [0.15, 0.2) is 9.84 Å². The Hall–Kier alpha value is -0.340. The van der Waals surface area contributed by atoms with Gasteiger partial charge in [0.25, 0.3) is 0 Å². The molecule has 0 aromatic heterocycles. The Morgan fingerprint density at radius 3 is 2.41 bits per heavy atom. The average molecular weight is 274 g/mol. The first-order valence-corrected chi connectivity index (χ1v) is 7.17. The van der Waals surface area contributed by atoms with Crippen LogP contribution in [-0.4, -0.2) is 51.3 Å². The molecule has 1 aliphatic rings. The number of rotatable bonds is 5. The zero-order chi connectivity index (χ0) is 13.2. The number of alkyl halides is 3. The van der Waals surface area contributed by atoms with Crippen LogP contribution in [0.1, 0.15) is 13.3 Å². The molecule has 0 aromatic carbocycles. The fraction of sp³-hybridized carbons (Fsp3) is 1.00. The van der Waals surface area contributed by atoms with E-state index in [9.17, 15) is 21.6 Å². The summed E-state index contributed by atoms with van der Waals surface area (Å²) in [6.07, 6.45) is -3.70. The van der Waals surface area contributed by atoms with Gasteiger partial charge in [-0.3, -0.25) is 0 Å². The van der Waals surface area contributed by atoms with Gasteiger partial charge in [0.05, 0.1) is 18.1 Å². The standard InChI is InChI=1S/C9H17F3N2O2S/c1-8(2-5-17(15,16)7-8)14-4-3-13-6-9(10,11)12/h13-14H,2-7H2,1H3. The maximum absolute atomic E-state index is 11.8. The molecule has 4 nitrogen and oxygen atoms in total. The van der Waals surface area contributed by atoms with Crippen LogP contribution in [0.4, 0.5) is 13.2 Å². The van der Waals surface area contributed by atoms with Gasteiger partial charge in [0, 0.05) is 18.6 Å². The van der Waals surface area contributed by atoms with Gasteiger partial charge < -0.3 is 10.6 Å². The second-order valence-electron chi connectivity index (χ2n) is 4.62. The zero-order valence-corrected chi connectivity index (χ0v) is 10.4. The van der Waals surface area contributed by atoms with Crippen molar-refractivity contribution in [3.63, 3.8) is 0 Å². The third-order valence-electron chi connectivity index (χ3n) is 2.68. The van der Waals surface area contributed by atoms with Crippen molar-refractivity contribution in [1.29, 1.82) is 0 Å². The first-order valence-electron chi connectivity index (χ1n) is 5.35. The molecule has 1 aliphatic heterocycles. The van der Waals surface area contributed by atoms with Crippen molar-refractivity contribution >= 4 is 9.84 Å². The number of hydrogen-bond acceptors (Lipinski definition) is 4. The SMILES string of the molecule is CC1(NCCNCC(F)(F)F)CCS(=O)(=O)C1. The van der Waals surface area contributed by atoms with Crippen LogP contribution >= 0.6 is 0 Å². The molecule has 0 aliphatic carbocycles. The highest BCUT2D eigenvalue weighted by Gasteiger charge is 2.37. The van der Waals surface area contributed by atoms with E-state index in [1.165, 1.54) is 0 Å². The van der Waals surface area contributed by atoms with E-state index in [0.29, 0.717) is 13.0 Å². The number of nitrogens with one attached hydrogen (secondary N) is 2. The molecule has 102 valence electrons. The maximum atomic E-state index is 11.8. The summed E-state index contributed by atoms with van der Waals surface area (Å²) in [6, 6.07) is 0. The summed E-state index contributed by atoms with van der Waals surface area (Å²) in [5.74, 6) is 0.200. The van der Waals surface area contributed by atoms with Crippen LogP contribution in [0.3, 0.4) is 0 Å². The monoisotopic (exact) mass is 274 g/mol. The summed E-state index contributed by atoms with van der Waals surface area (Å²) < 4.78 is 57.9. The van der Waals surface area contributed by atoms with Crippen molar-refractivity contribution < 1.29 is 21.6 Å². The summed E-state index contributed by atoms with van der Waals surface area (Å²) >= 11 is 0. The first kappa shape index (κ1) is 14.7. The number of sulfone groups is 1. The van der Waals surface area contributed by atoms with Crippen LogP contribution in [0.25, 0.3) is 0 Å². The van der Waals surface area contributed by atoms with E-state index in [2.05, 4.69) is 10.6 Å². The molecule has 1 unspecified atom stereocenters. The summed E-state index contributed by atoms with van der Waals surface area (Å²) in [5, 5.41) is 5.24. The Bertz CT molecular complexity index is 356. The molecule has 0 amide bonds. The van der Waals surface area contributed by atoms with Crippen LogP contribution in [0.15, 0.2) is 0 Å². The van der Waals surface area contributed by atoms with Gasteiger partial charge in [-0.05, 0) is 13.3 Å². The molecule has 1 atom stereocenters. The van der Waals surface area contributed by atoms with Crippen molar-refractivity contribution in [2.75, 3.05) is 31.1 Å². The van der Waals surface area contributed by atoms with Gasteiger partial charge in [-0.1, -0.05) is 0 Å². The van der Waals surface area contributed by atoms with Gasteiger partial charge >= 0.3 is 6.18 Å². The molecule has 0 aromatic rings. The van der Waals surface area contributed by atoms with Gasteiger partial charge in [0.2, 0.25) is 0 Å². The Labute approximate surface area is 98.9 Å². The lowest BCUT2D eigenvalue weighted by atomic mass is 10.0. The molecule has 1 rings (SSSR count). The lowest BCUT2D eigenvalue weighted by Crippen LogP contribution is -2.46. The van der Waals surface area contributed by atoms with E-state index in [-0.39, 0.29) is 18.1 Å². The van der Waals surface area contributed by atoms with Crippen molar-refractivity contribution in [3.05, 3.63) is 0 Å². The van der Waals surface area contributed by atoms with E-state index in [4.69, 9.17) is 0 Å². The second-order valence-corrected chi connectivity index (χ2v) is 6.81. The molecule has 1 fully saturated rings. The topological polar surface area (TPSA) is 58.2 Å². The Morgan fingerprint density at radius 1 is 1.29 bits per heavy atom. The molecule has 0 bridgehead atoms. The minimum Gasteiger partial charge on any atom is -0.309 e. The van der Waals surface area contributed by atoms with E-state index >= 15 is 0 Å². The molecule has 8 heteroatoms. The van der Waals surface area contributed by atoms with E-state index in [1.54, 1.807) is 6.92 Å². The third kappa shape index (κ3) is 5.69. The second kappa shape index (κ2) is 5.11. The summed E-state index contributed by atoms with van der Waals surface area (Å²) in [7, 11) is -2.98. The average Bonchev–Trinajstić information content (AvgIpc) is 2.38. The molecule has 0 spiro atoms. The van der Waals surface area contributed by atoms with Crippen LogP contribution in [-0.2, 0) is 9.84 Å². The molecule has 1 heterocycles. The van der Waals surface area contributed by atoms with E-state index in [1.807, 2.05) is 0 Å². The summed E-state index contributed by atoms with van der Waals surface area (Å²) in [5.41, 5.74) is -0.501. The molecular formula is C9H17F3N2O2S. The Morgan fingerprint density at radius 2 is 1.94 bits per heavy atom. The lowest BCUT2D eigenvalue weighted by Gasteiger charge is -2.24. The number of hydrogen-bond donors (Lipinski definition) is 2. The smallest absolute Gasteiger partial charge is 0.309 e. The summed E-state index contributed by atoms with van der Waals surface area (Å²) in [4.78, 5) is 0. The maximum Gasteiger partial charge on any atom is 0.401 e. The van der Waals surface area contributed by atoms with Crippen LogP contribution < -0.4 is 10.6 Å². The molecule has 1 saturated heterocycles. The molecule has 2 N–H and O–H groups in total. The minimum absolute atomic E-state index is 0.0548.